The van der Waals surface area contributed by atoms with E-state index in [2.05, 4.69) is 10.6 Å². The van der Waals surface area contributed by atoms with Gasteiger partial charge in [-0.1, -0.05) is 12.1 Å². The summed E-state index contributed by atoms with van der Waals surface area (Å²) in [5.74, 6) is -0.668. The highest BCUT2D eigenvalue weighted by Crippen LogP contribution is 2.58. The van der Waals surface area contributed by atoms with Crippen molar-refractivity contribution in [2.75, 3.05) is 28.3 Å². The van der Waals surface area contributed by atoms with E-state index in [4.69, 9.17) is 9.05 Å². The molecule has 1 unspecified atom stereocenters. The predicted molar refractivity (Wildman–Crippen MR) is 73.1 cm³/mol. The first-order valence-electron chi connectivity index (χ1n) is 5.55. The Morgan fingerprint density at radius 3 is 2.11 bits per heavy atom. The molecule has 1 aromatic carbocycles. The van der Waals surface area contributed by atoms with Crippen molar-refractivity contribution in [3.05, 3.63) is 34.7 Å². The number of nitrogens with one attached hydrogen (secondary N) is 1. The van der Waals surface area contributed by atoms with Crippen molar-refractivity contribution in [2.45, 2.75) is 5.78 Å². The van der Waals surface area contributed by atoms with Crippen molar-refractivity contribution in [1.82, 2.24) is 10.4 Å². The van der Waals surface area contributed by atoms with Crippen LogP contribution in [0, 0.1) is 4.91 Å². The van der Waals surface area contributed by atoms with Crippen LogP contribution in [0.15, 0.2) is 29.4 Å². The highest BCUT2D eigenvalue weighted by atomic mass is 31.2. The minimum atomic E-state index is -3.35. The molecule has 0 saturated carbocycles. The number of nitroso groups, excluding NO2 is 1. The lowest BCUT2D eigenvalue weighted by Gasteiger charge is -2.28. The van der Waals surface area contributed by atoms with Crippen LogP contribution in [0.1, 0.15) is 11.3 Å². The summed E-state index contributed by atoms with van der Waals surface area (Å²) in [5, 5.41) is 4.48. The van der Waals surface area contributed by atoms with Gasteiger partial charge in [-0.3, -0.25) is 4.57 Å². The molecule has 0 bridgehead atoms. The Hall–Kier alpha value is -1.11. The topological polar surface area (TPSA) is 80.2 Å². The Labute approximate surface area is 112 Å². The van der Waals surface area contributed by atoms with Crippen molar-refractivity contribution in [1.29, 1.82) is 0 Å². The van der Waals surface area contributed by atoms with Gasteiger partial charge in [0, 0.05) is 28.3 Å². The van der Waals surface area contributed by atoms with Crippen LogP contribution in [0.25, 0.3) is 0 Å². The van der Waals surface area contributed by atoms with E-state index in [1.165, 1.54) is 14.2 Å². The van der Waals surface area contributed by atoms with Crippen LogP contribution in [-0.4, -0.2) is 33.3 Å². The van der Waals surface area contributed by atoms with Crippen LogP contribution in [0.2, 0.25) is 0 Å². The van der Waals surface area contributed by atoms with Crippen LogP contribution in [0.4, 0.5) is 5.69 Å². The normalized spacial score (nSPS) is 13.5. The fourth-order valence-electron chi connectivity index (χ4n) is 1.58. The summed E-state index contributed by atoms with van der Waals surface area (Å²) >= 11 is 0. The average Bonchev–Trinajstić information content (AvgIpc) is 2.44. The van der Waals surface area contributed by atoms with Crippen LogP contribution in [0.5, 0.6) is 0 Å². The van der Waals surface area contributed by atoms with Gasteiger partial charge < -0.3 is 9.05 Å². The minimum Gasteiger partial charge on any atom is -0.311 e. The zero-order valence-electron chi connectivity index (χ0n) is 11.4. The van der Waals surface area contributed by atoms with Gasteiger partial charge in [0.15, 0.2) is 0 Å². The molecule has 0 fully saturated rings. The van der Waals surface area contributed by atoms with E-state index >= 15 is 0 Å². The summed E-state index contributed by atoms with van der Waals surface area (Å²) in [7, 11) is 2.84. The standard InChI is InChI=1S/C11H18N3O4P/c1-14(2)12-11(19(16,17-3)18-4)9-5-7-10(13-15)8-6-9/h5-8,11-12H,1-4H3. The Bertz CT molecular complexity index is 456. The van der Waals surface area contributed by atoms with Gasteiger partial charge in [0.05, 0.1) is 0 Å². The molecule has 0 aromatic heterocycles. The number of benzene rings is 1. The summed E-state index contributed by atoms with van der Waals surface area (Å²) in [6, 6.07) is 6.40. The van der Waals surface area contributed by atoms with Gasteiger partial charge in [0.1, 0.15) is 11.5 Å². The number of hydrogen-bond donors (Lipinski definition) is 1. The van der Waals surface area contributed by atoms with Gasteiger partial charge in [0.25, 0.3) is 0 Å². The maximum Gasteiger partial charge on any atom is 0.352 e. The zero-order chi connectivity index (χ0) is 14.5. The number of nitrogens with zero attached hydrogens (tertiary/aromatic N) is 2. The lowest BCUT2D eigenvalue weighted by atomic mass is 10.2. The largest absolute Gasteiger partial charge is 0.352 e. The third kappa shape index (κ3) is 3.92. The van der Waals surface area contributed by atoms with Gasteiger partial charge in [0.2, 0.25) is 0 Å². The molecular weight excluding hydrogens is 269 g/mol. The summed E-state index contributed by atoms with van der Waals surface area (Å²) in [6.45, 7) is 0. The first-order chi connectivity index (χ1) is 8.96. The Morgan fingerprint density at radius 2 is 1.74 bits per heavy atom. The number of hydrogen-bond acceptors (Lipinski definition) is 7. The first kappa shape index (κ1) is 15.9. The average molecular weight is 287 g/mol. The number of rotatable bonds is 7. The van der Waals surface area contributed by atoms with Crippen molar-refractivity contribution < 1.29 is 13.6 Å². The third-order valence-corrected chi connectivity index (χ3v) is 4.58. The molecule has 1 aromatic rings. The SMILES string of the molecule is COP(=O)(OC)C(NN(C)C)c1ccc(N=O)cc1. The maximum atomic E-state index is 12.5. The van der Waals surface area contributed by atoms with E-state index in [9.17, 15) is 9.47 Å². The van der Waals surface area contributed by atoms with E-state index in [-0.39, 0.29) is 0 Å². The molecule has 19 heavy (non-hydrogen) atoms. The second-order valence-corrected chi connectivity index (χ2v) is 6.34. The van der Waals surface area contributed by atoms with Crippen molar-refractivity contribution in [3.63, 3.8) is 0 Å². The highest BCUT2D eigenvalue weighted by Gasteiger charge is 2.35. The molecule has 0 aliphatic rings. The van der Waals surface area contributed by atoms with Gasteiger partial charge in [-0.05, 0) is 22.9 Å². The first-order valence-corrected chi connectivity index (χ1v) is 7.16. The van der Waals surface area contributed by atoms with E-state index < -0.39 is 13.4 Å². The molecule has 1 rings (SSSR count). The predicted octanol–water partition coefficient (Wildman–Crippen LogP) is 2.64. The molecule has 1 atom stereocenters. The van der Waals surface area contributed by atoms with E-state index in [1.54, 1.807) is 43.4 Å². The quantitative estimate of drug-likeness (QED) is 0.472. The van der Waals surface area contributed by atoms with Gasteiger partial charge in [-0.25, -0.2) is 10.4 Å². The Kier molecular flexibility index (Phi) is 5.78. The third-order valence-electron chi connectivity index (χ3n) is 2.52. The van der Waals surface area contributed by atoms with Crippen LogP contribution >= 0.6 is 7.60 Å². The summed E-state index contributed by atoms with van der Waals surface area (Å²) in [5.41, 5.74) is 3.96. The molecule has 0 heterocycles. The summed E-state index contributed by atoms with van der Waals surface area (Å²) < 4.78 is 22.6. The second kappa shape index (κ2) is 6.88. The molecule has 0 amide bonds. The fraction of sp³-hybridized carbons (Fsp3) is 0.455. The van der Waals surface area contributed by atoms with Crippen molar-refractivity contribution >= 4 is 13.3 Å². The molecule has 0 spiro atoms. The highest BCUT2D eigenvalue weighted by molar-refractivity contribution is 7.54. The molecule has 0 radical (unpaired) electrons. The minimum absolute atomic E-state index is 0.303. The van der Waals surface area contributed by atoms with Crippen molar-refractivity contribution in [2.24, 2.45) is 5.18 Å². The molecule has 1 N–H and O–H groups in total. The Morgan fingerprint density at radius 1 is 1.21 bits per heavy atom. The zero-order valence-corrected chi connectivity index (χ0v) is 12.3. The molecule has 0 aliphatic carbocycles. The summed E-state index contributed by atoms with van der Waals surface area (Å²) in [6.07, 6.45) is 0. The van der Waals surface area contributed by atoms with Crippen LogP contribution in [0.3, 0.4) is 0 Å². The van der Waals surface area contributed by atoms with Crippen molar-refractivity contribution in [3.8, 4) is 0 Å². The summed E-state index contributed by atoms with van der Waals surface area (Å²) in [4.78, 5) is 10.4. The van der Waals surface area contributed by atoms with E-state index in [0.717, 1.165) is 0 Å². The van der Waals surface area contributed by atoms with Gasteiger partial charge in [-0.15, -0.1) is 4.91 Å². The lowest BCUT2D eigenvalue weighted by Crippen LogP contribution is -2.34. The Balaban J connectivity index is 3.15. The number of hydrazine groups is 1. The monoisotopic (exact) mass is 287 g/mol. The molecule has 106 valence electrons. The van der Waals surface area contributed by atoms with E-state index in [0.29, 0.717) is 11.3 Å². The van der Waals surface area contributed by atoms with Crippen LogP contribution in [-0.2, 0) is 13.6 Å². The molecular formula is C11H18N3O4P. The maximum absolute atomic E-state index is 12.5. The molecule has 7 nitrogen and oxygen atoms in total. The second-order valence-electron chi connectivity index (χ2n) is 4.01. The fourth-order valence-corrected chi connectivity index (χ4v) is 3.06. The smallest absolute Gasteiger partial charge is 0.311 e. The van der Waals surface area contributed by atoms with Gasteiger partial charge >= 0.3 is 7.60 Å². The van der Waals surface area contributed by atoms with Crippen LogP contribution < -0.4 is 5.43 Å². The lowest BCUT2D eigenvalue weighted by molar-refractivity contribution is 0.217. The molecule has 0 saturated heterocycles. The van der Waals surface area contributed by atoms with Gasteiger partial charge in [-0.2, -0.15) is 0 Å². The van der Waals surface area contributed by atoms with E-state index in [1.807, 2.05) is 0 Å². The molecule has 0 aliphatic heterocycles. The molecule has 8 heteroatoms.